The van der Waals surface area contributed by atoms with Crippen LogP contribution in [0, 0.1) is 17.0 Å². The zero-order chi connectivity index (χ0) is 14.1. The van der Waals surface area contributed by atoms with Crippen molar-refractivity contribution in [1.82, 2.24) is 5.32 Å². The van der Waals surface area contributed by atoms with Crippen LogP contribution in [-0.2, 0) is 5.41 Å². The highest BCUT2D eigenvalue weighted by Gasteiger charge is 2.41. The minimum atomic E-state index is -0.815. The first-order valence-corrected chi connectivity index (χ1v) is 6.66. The molecule has 1 saturated carbocycles. The molecular weight excluding hydrogens is 248 g/mol. The topological polar surface area (TPSA) is 32.3 Å². The summed E-state index contributed by atoms with van der Waals surface area (Å²) in [6.45, 7) is 5.64. The highest BCUT2D eigenvalue weighted by atomic mass is 19.2. The van der Waals surface area contributed by atoms with Crippen LogP contribution in [-0.4, -0.2) is 24.8 Å². The van der Waals surface area contributed by atoms with Crippen molar-refractivity contribution >= 4 is 0 Å². The summed E-state index contributed by atoms with van der Waals surface area (Å²) in [7, 11) is 0. The van der Waals surface area contributed by atoms with E-state index in [9.17, 15) is 13.9 Å². The molecule has 106 valence electrons. The van der Waals surface area contributed by atoms with Gasteiger partial charge in [-0.25, -0.2) is 8.78 Å². The minimum Gasteiger partial charge on any atom is -0.396 e. The molecule has 0 atom stereocenters. The lowest BCUT2D eigenvalue weighted by Gasteiger charge is -2.27. The number of nitrogens with one attached hydrogen (secondary N) is 1. The number of aliphatic hydroxyl groups is 1. The molecule has 0 amide bonds. The summed E-state index contributed by atoms with van der Waals surface area (Å²) in [4.78, 5) is 0. The van der Waals surface area contributed by atoms with E-state index in [1.54, 1.807) is 6.07 Å². The van der Waals surface area contributed by atoms with Crippen molar-refractivity contribution in [1.29, 1.82) is 0 Å². The van der Waals surface area contributed by atoms with Gasteiger partial charge >= 0.3 is 0 Å². The molecule has 19 heavy (non-hydrogen) atoms. The second-order valence-electron chi connectivity index (χ2n) is 6.27. The first kappa shape index (κ1) is 14.4. The number of halogens is 2. The van der Waals surface area contributed by atoms with Crippen molar-refractivity contribution < 1.29 is 13.9 Å². The fraction of sp³-hybridized carbons (Fsp3) is 0.600. The quantitative estimate of drug-likeness (QED) is 0.832. The molecule has 0 bridgehead atoms. The first-order chi connectivity index (χ1) is 8.88. The summed E-state index contributed by atoms with van der Waals surface area (Å²) in [5.41, 5.74) is 0.553. The molecule has 2 nitrogen and oxygen atoms in total. The third-order valence-electron chi connectivity index (χ3n) is 4.06. The Bertz CT molecular complexity index is 455. The van der Waals surface area contributed by atoms with Gasteiger partial charge in [-0.1, -0.05) is 19.9 Å². The summed E-state index contributed by atoms with van der Waals surface area (Å²) < 4.78 is 26.2. The molecule has 0 aromatic heterocycles. The smallest absolute Gasteiger partial charge is 0.159 e. The van der Waals surface area contributed by atoms with Gasteiger partial charge < -0.3 is 10.4 Å². The van der Waals surface area contributed by atoms with Crippen molar-refractivity contribution in [3.63, 3.8) is 0 Å². The Kier molecular flexibility index (Phi) is 3.92. The Morgan fingerprint density at radius 1 is 1.26 bits per heavy atom. The lowest BCUT2D eigenvalue weighted by molar-refractivity contribution is 0.205. The Morgan fingerprint density at radius 2 is 1.95 bits per heavy atom. The summed E-state index contributed by atoms with van der Waals surface area (Å²) >= 11 is 0. The van der Waals surface area contributed by atoms with Crippen LogP contribution >= 0.6 is 0 Å². The Morgan fingerprint density at radius 3 is 2.47 bits per heavy atom. The van der Waals surface area contributed by atoms with E-state index in [4.69, 9.17) is 0 Å². The van der Waals surface area contributed by atoms with Crippen molar-refractivity contribution in [2.45, 2.75) is 32.1 Å². The van der Waals surface area contributed by atoms with Crippen molar-refractivity contribution in [2.24, 2.45) is 5.41 Å². The number of hydrogen-bond acceptors (Lipinski definition) is 2. The predicted octanol–water partition coefficient (Wildman–Crippen LogP) is 2.60. The van der Waals surface area contributed by atoms with Crippen LogP contribution in [0.5, 0.6) is 0 Å². The third-order valence-corrected chi connectivity index (χ3v) is 4.06. The maximum Gasteiger partial charge on any atom is 0.159 e. The monoisotopic (exact) mass is 269 g/mol. The highest BCUT2D eigenvalue weighted by Crippen LogP contribution is 2.44. The Hall–Kier alpha value is -1.00. The van der Waals surface area contributed by atoms with Crippen LogP contribution in [0.1, 0.15) is 32.3 Å². The van der Waals surface area contributed by atoms with E-state index in [-0.39, 0.29) is 17.4 Å². The van der Waals surface area contributed by atoms with Gasteiger partial charge in [0.1, 0.15) is 0 Å². The average molecular weight is 269 g/mol. The van der Waals surface area contributed by atoms with Crippen molar-refractivity contribution in [2.75, 3.05) is 19.7 Å². The standard InChI is InChI=1S/C15H21F2NO/c1-14(2,8-18-9-15(10-19)5-6-15)11-3-4-12(16)13(17)7-11/h3-4,7,18-19H,5-6,8-10H2,1-2H3. The van der Waals surface area contributed by atoms with Gasteiger partial charge in [0.05, 0.1) is 0 Å². The fourth-order valence-electron chi connectivity index (χ4n) is 2.23. The van der Waals surface area contributed by atoms with Crippen LogP contribution in [0.4, 0.5) is 8.78 Å². The first-order valence-electron chi connectivity index (χ1n) is 6.66. The van der Waals surface area contributed by atoms with E-state index < -0.39 is 11.6 Å². The lowest BCUT2D eigenvalue weighted by atomic mass is 9.84. The molecule has 0 saturated heterocycles. The van der Waals surface area contributed by atoms with Crippen molar-refractivity contribution in [3.05, 3.63) is 35.4 Å². The summed E-state index contributed by atoms with van der Waals surface area (Å²) in [6.07, 6.45) is 2.12. The normalized spacial score (nSPS) is 17.5. The Labute approximate surface area is 112 Å². The molecule has 1 aromatic rings. The van der Waals surface area contributed by atoms with Crippen LogP contribution in [0.15, 0.2) is 18.2 Å². The molecule has 0 aliphatic heterocycles. The SMILES string of the molecule is CC(C)(CNCC1(CO)CC1)c1ccc(F)c(F)c1. The lowest BCUT2D eigenvalue weighted by Crippen LogP contribution is -2.37. The van der Waals surface area contributed by atoms with Gasteiger partial charge in [-0.05, 0) is 30.5 Å². The minimum absolute atomic E-state index is 0.0596. The summed E-state index contributed by atoms with van der Waals surface area (Å²) in [6, 6.07) is 4.05. The van der Waals surface area contributed by atoms with E-state index in [2.05, 4.69) is 5.32 Å². The van der Waals surface area contributed by atoms with Crippen LogP contribution in [0.3, 0.4) is 0 Å². The number of benzene rings is 1. The fourth-order valence-corrected chi connectivity index (χ4v) is 2.23. The largest absolute Gasteiger partial charge is 0.396 e. The maximum absolute atomic E-state index is 13.3. The molecule has 4 heteroatoms. The third kappa shape index (κ3) is 3.31. The van der Waals surface area contributed by atoms with Gasteiger partial charge in [0.15, 0.2) is 11.6 Å². The average Bonchev–Trinajstić information content (AvgIpc) is 3.13. The van der Waals surface area contributed by atoms with Crippen LogP contribution in [0.25, 0.3) is 0 Å². The van der Waals surface area contributed by atoms with E-state index in [0.717, 1.165) is 24.9 Å². The number of aliphatic hydroxyl groups excluding tert-OH is 1. The summed E-state index contributed by atoms with van der Waals surface area (Å²) in [5, 5.41) is 12.6. The van der Waals surface area contributed by atoms with Gasteiger partial charge in [0, 0.05) is 30.5 Å². The van der Waals surface area contributed by atoms with Gasteiger partial charge in [0.2, 0.25) is 0 Å². The molecule has 1 aliphatic carbocycles. The molecule has 1 aliphatic rings. The number of rotatable bonds is 6. The van der Waals surface area contributed by atoms with Gasteiger partial charge in [-0.2, -0.15) is 0 Å². The van der Waals surface area contributed by atoms with Gasteiger partial charge in [0.25, 0.3) is 0 Å². The molecule has 2 rings (SSSR count). The van der Waals surface area contributed by atoms with Crippen molar-refractivity contribution in [3.8, 4) is 0 Å². The molecule has 1 aromatic carbocycles. The van der Waals surface area contributed by atoms with E-state index >= 15 is 0 Å². The van der Waals surface area contributed by atoms with Crippen LogP contribution < -0.4 is 5.32 Å². The zero-order valence-corrected chi connectivity index (χ0v) is 11.5. The van der Waals surface area contributed by atoms with E-state index in [1.807, 2.05) is 13.8 Å². The van der Waals surface area contributed by atoms with E-state index in [1.165, 1.54) is 12.1 Å². The zero-order valence-electron chi connectivity index (χ0n) is 11.5. The number of hydrogen-bond donors (Lipinski definition) is 2. The molecule has 1 fully saturated rings. The molecule has 0 spiro atoms. The summed E-state index contributed by atoms with van der Waals surface area (Å²) in [5.74, 6) is -1.62. The Balaban J connectivity index is 1.95. The molecule has 0 radical (unpaired) electrons. The van der Waals surface area contributed by atoms with Gasteiger partial charge in [-0.3, -0.25) is 0 Å². The van der Waals surface area contributed by atoms with Crippen LogP contribution in [0.2, 0.25) is 0 Å². The maximum atomic E-state index is 13.3. The van der Waals surface area contributed by atoms with Gasteiger partial charge in [-0.15, -0.1) is 0 Å². The van der Waals surface area contributed by atoms with E-state index in [0.29, 0.717) is 6.54 Å². The molecule has 0 heterocycles. The second-order valence-corrected chi connectivity index (χ2v) is 6.27. The highest BCUT2D eigenvalue weighted by molar-refractivity contribution is 5.25. The molecule has 0 unspecified atom stereocenters. The molecular formula is C15H21F2NO. The molecule has 2 N–H and O–H groups in total. The second kappa shape index (κ2) is 5.17. The predicted molar refractivity (Wildman–Crippen MR) is 71.0 cm³/mol.